The molecule has 0 aliphatic carbocycles. The quantitative estimate of drug-likeness (QED) is 0.442. The fourth-order valence-electron chi connectivity index (χ4n) is 2.28. The summed E-state index contributed by atoms with van der Waals surface area (Å²) in [4.78, 5) is 12.3. The van der Waals surface area contributed by atoms with Crippen molar-refractivity contribution >= 4 is 21.9 Å². The molecule has 3 aromatic rings. The van der Waals surface area contributed by atoms with Gasteiger partial charge in [-0.25, -0.2) is 4.79 Å². The Labute approximate surface area is 143 Å². The molecule has 2 nitrogen and oxygen atoms in total. The van der Waals surface area contributed by atoms with E-state index >= 15 is 0 Å². The molecule has 0 saturated heterocycles. The van der Waals surface area contributed by atoms with E-state index < -0.39 is 0 Å². The minimum absolute atomic E-state index is 0.367. The van der Waals surface area contributed by atoms with E-state index in [4.69, 9.17) is 4.74 Å². The Balaban J connectivity index is 1.78. The Morgan fingerprint density at radius 3 is 2.17 bits per heavy atom. The lowest BCUT2D eigenvalue weighted by atomic mass is 10.0. The molecule has 114 valence electrons. The lowest BCUT2D eigenvalue weighted by Crippen LogP contribution is -2.08. The van der Waals surface area contributed by atoms with E-state index in [0.717, 1.165) is 21.2 Å². The van der Waals surface area contributed by atoms with E-state index in [9.17, 15) is 4.79 Å². The summed E-state index contributed by atoms with van der Waals surface area (Å²) in [5.74, 6) is 0.155. The van der Waals surface area contributed by atoms with Crippen molar-refractivity contribution in [3.63, 3.8) is 0 Å². The third kappa shape index (κ3) is 3.69. The highest BCUT2D eigenvalue weighted by Gasteiger charge is 2.11. The summed E-state index contributed by atoms with van der Waals surface area (Å²) in [6, 6.07) is 23.1. The van der Waals surface area contributed by atoms with Crippen molar-refractivity contribution in [1.29, 1.82) is 0 Å². The fraction of sp³-hybridized carbons (Fsp3) is 0.0500. The number of ether oxygens (including phenoxy) is 1. The maximum absolute atomic E-state index is 12.3. The molecule has 0 aliphatic rings. The molecule has 23 heavy (non-hydrogen) atoms. The highest BCUT2D eigenvalue weighted by atomic mass is 79.9. The highest BCUT2D eigenvalue weighted by molar-refractivity contribution is 9.10. The normalized spacial score (nSPS) is 10.3. The number of rotatable bonds is 3. The van der Waals surface area contributed by atoms with Gasteiger partial charge in [-0.05, 0) is 63.8 Å². The van der Waals surface area contributed by atoms with Crippen LogP contribution in [-0.2, 0) is 0 Å². The summed E-state index contributed by atoms with van der Waals surface area (Å²) in [6.45, 7) is 1.98. The van der Waals surface area contributed by atoms with Crippen LogP contribution < -0.4 is 4.74 Å². The Kier molecular flexibility index (Phi) is 4.58. The van der Waals surface area contributed by atoms with Crippen molar-refractivity contribution in [3.8, 4) is 16.9 Å². The second kappa shape index (κ2) is 6.80. The molecule has 3 aromatic carbocycles. The number of benzene rings is 3. The van der Waals surface area contributed by atoms with Gasteiger partial charge in [0, 0.05) is 0 Å². The van der Waals surface area contributed by atoms with Crippen molar-refractivity contribution in [2.24, 2.45) is 0 Å². The second-order valence-electron chi connectivity index (χ2n) is 5.27. The van der Waals surface area contributed by atoms with Crippen molar-refractivity contribution in [1.82, 2.24) is 0 Å². The van der Waals surface area contributed by atoms with Gasteiger partial charge in [-0.15, -0.1) is 0 Å². The van der Waals surface area contributed by atoms with Gasteiger partial charge in [0.1, 0.15) is 5.75 Å². The number of hydrogen-bond acceptors (Lipinski definition) is 2. The molecule has 0 fully saturated rings. The largest absolute Gasteiger partial charge is 0.422 e. The predicted octanol–water partition coefficient (Wildman–Crippen LogP) is 5.64. The third-order valence-electron chi connectivity index (χ3n) is 3.52. The van der Waals surface area contributed by atoms with Crippen molar-refractivity contribution in [2.75, 3.05) is 0 Å². The van der Waals surface area contributed by atoms with Gasteiger partial charge < -0.3 is 4.74 Å². The maximum atomic E-state index is 12.3. The van der Waals surface area contributed by atoms with Crippen LogP contribution in [0, 0.1) is 6.92 Å². The molecule has 0 aromatic heterocycles. The summed E-state index contributed by atoms with van der Waals surface area (Å²) in [5.41, 5.74) is 3.81. The number of carbonyl (C=O) groups excluding carboxylic acids is 1. The highest BCUT2D eigenvalue weighted by Crippen LogP contribution is 2.27. The van der Waals surface area contributed by atoms with Crippen LogP contribution in [0.2, 0.25) is 0 Å². The Hall–Kier alpha value is -2.39. The zero-order chi connectivity index (χ0) is 16.2. The lowest BCUT2D eigenvalue weighted by molar-refractivity contribution is 0.0733. The molecule has 0 heterocycles. The zero-order valence-corrected chi connectivity index (χ0v) is 14.2. The van der Waals surface area contributed by atoms with Crippen LogP contribution in [0.25, 0.3) is 11.1 Å². The molecule has 0 N–H and O–H groups in total. The standard InChI is InChI=1S/C20H15BrO2/c1-14-7-12-19(18(21)13-14)23-20(22)17-10-8-16(9-11-17)15-5-3-2-4-6-15/h2-13H,1H3. The van der Waals surface area contributed by atoms with Crippen molar-refractivity contribution in [3.05, 3.63) is 88.4 Å². The van der Waals surface area contributed by atoms with Crippen LogP contribution in [0.3, 0.4) is 0 Å². The van der Waals surface area contributed by atoms with Gasteiger partial charge in [0.2, 0.25) is 0 Å². The Bertz CT molecular complexity index is 824. The summed E-state index contributed by atoms with van der Waals surface area (Å²) >= 11 is 3.41. The van der Waals surface area contributed by atoms with Gasteiger partial charge in [0.25, 0.3) is 0 Å². The van der Waals surface area contributed by atoms with E-state index in [0.29, 0.717) is 11.3 Å². The van der Waals surface area contributed by atoms with Gasteiger partial charge in [0.05, 0.1) is 10.0 Å². The molecule has 3 rings (SSSR count). The molecule has 0 atom stereocenters. The van der Waals surface area contributed by atoms with Gasteiger partial charge in [-0.3, -0.25) is 0 Å². The first kappa shape index (κ1) is 15.5. The lowest BCUT2D eigenvalue weighted by Gasteiger charge is -2.08. The first-order valence-electron chi connectivity index (χ1n) is 7.27. The molecule has 3 heteroatoms. The number of halogens is 1. The Morgan fingerprint density at radius 2 is 1.52 bits per heavy atom. The monoisotopic (exact) mass is 366 g/mol. The summed E-state index contributed by atoms with van der Waals surface area (Å²) in [5, 5.41) is 0. The molecular formula is C20H15BrO2. The average molecular weight is 367 g/mol. The van der Waals surface area contributed by atoms with E-state index in [-0.39, 0.29) is 5.97 Å². The van der Waals surface area contributed by atoms with E-state index in [1.807, 2.05) is 61.5 Å². The summed E-state index contributed by atoms with van der Waals surface area (Å²) in [7, 11) is 0. The second-order valence-corrected chi connectivity index (χ2v) is 6.12. The van der Waals surface area contributed by atoms with E-state index in [2.05, 4.69) is 15.9 Å². The molecule has 0 saturated carbocycles. The minimum Gasteiger partial charge on any atom is -0.422 e. The number of carbonyl (C=O) groups is 1. The number of esters is 1. The summed E-state index contributed by atoms with van der Waals surface area (Å²) < 4.78 is 6.22. The molecule has 0 spiro atoms. The van der Waals surface area contributed by atoms with Gasteiger partial charge in [-0.1, -0.05) is 48.5 Å². The van der Waals surface area contributed by atoms with Crippen molar-refractivity contribution < 1.29 is 9.53 Å². The summed E-state index contributed by atoms with van der Waals surface area (Å²) in [6.07, 6.45) is 0. The molecule has 0 unspecified atom stereocenters. The van der Waals surface area contributed by atoms with Crippen LogP contribution in [0.5, 0.6) is 5.75 Å². The third-order valence-corrected chi connectivity index (χ3v) is 4.14. The Morgan fingerprint density at radius 1 is 0.870 bits per heavy atom. The van der Waals surface area contributed by atoms with Crippen LogP contribution in [-0.4, -0.2) is 5.97 Å². The van der Waals surface area contributed by atoms with Crippen LogP contribution >= 0.6 is 15.9 Å². The van der Waals surface area contributed by atoms with Gasteiger partial charge in [0.15, 0.2) is 0 Å². The number of aryl methyl sites for hydroxylation is 1. The minimum atomic E-state index is -0.367. The topological polar surface area (TPSA) is 26.3 Å². The smallest absolute Gasteiger partial charge is 0.343 e. The van der Waals surface area contributed by atoms with Crippen LogP contribution in [0.4, 0.5) is 0 Å². The zero-order valence-electron chi connectivity index (χ0n) is 12.6. The molecule has 0 radical (unpaired) electrons. The number of hydrogen-bond donors (Lipinski definition) is 0. The fourth-order valence-corrected chi connectivity index (χ4v) is 2.85. The first-order chi connectivity index (χ1) is 11.1. The van der Waals surface area contributed by atoms with Crippen molar-refractivity contribution in [2.45, 2.75) is 6.92 Å². The molecular weight excluding hydrogens is 352 g/mol. The van der Waals surface area contributed by atoms with E-state index in [1.165, 1.54) is 0 Å². The molecule has 0 bridgehead atoms. The first-order valence-corrected chi connectivity index (χ1v) is 8.06. The predicted molar refractivity (Wildman–Crippen MR) is 95.7 cm³/mol. The van der Waals surface area contributed by atoms with Crippen LogP contribution in [0.1, 0.15) is 15.9 Å². The van der Waals surface area contributed by atoms with Crippen LogP contribution in [0.15, 0.2) is 77.3 Å². The maximum Gasteiger partial charge on any atom is 0.343 e. The average Bonchev–Trinajstić information content (AvgIpc) is 2.58. The SMILES string of the molecule is Cc1ccc(OC(=O)c2ccc(-c3ccccc3)cc2)c(Br)c1. The van der Waals surface area contributed by atoms with Gasteiger partial charge >= 0.3 is 5.97 Å². The molecule has 0 aliphatic heterocycles. The molecule has 0 amide bonds. The van der Waals surface area contributed by atoms with E-state index in [1.54, 1.807) is 18.2 Å². The van der Waals surface area contributed by atoms with Gasteiger partial charge in [-0.2, -0.15) is 0 Å².